The number of rotatable bonds is 6. The lowest BCUT2D eigenvalue weighted by Crippen LogP contribution is -2.47. The standard InChI is InChI=1S/C19H23ClN2O4S2/c1-13-10-16(11-14(2)19(13)20)26-12-17(23)22-7-5-15(6-8-22)21-28(24,25)18-4-3-9-27-18/h3-4,9-11,15,21H,5-8,12H2,1-2H3. The smallest absolute Gasteiger partial charge is 0.260 e. The van der Waals surface area contributed by atoms with Crippen LogP contribution in [0.3, 0.4) is 0 Å². The molecule has 1 aromatic carbocycles. The van der Waals surface area contributed by atoms with Crippen LogP contribution in [0.2, 0.25) is 5.02 Å². The molecule has 2 heterocycles. The molecule has 1 saturated heterocycles. The minimum absolute atomic E-state index is 0.0495. The maximum Gasteiger partial charge on any atom is 0.260 e. The van der Waals surface area contributed by atoms with Gasteiger partial charge in [0.05, 0.1) is 0 Å². The predicted octanol–water partition coefficient (Wildman–Crippen LogP) is 3.37. The number of aryl methyl sites for hydroxylation is 2. The molecule has 28 heavy (non-hydrogen) atoms. The average Bonchev–Trinajstić information content (AvgIpc) is 3.20. The maximum atomic E-state index is 12.4. The SMILES string of the molecule is Cc1cc(OCC(=O)N2CCC(NS(=O)(=O)c3cccs3)CC2)cc(C)c1Cl. The molecule has 0 bridgehead atoms. The number of hydrogen-bond donors (Lipinski definition) is 1. The summed E-state index contributed by atoms with van der Waals surface area (Å²) in [6.07, 6.45) is 1.16. The van der Waals surface area contributed by atoms with Gasteiger partial charge >= 0.3 is 0 Å². The first-order chi connectivity index (χ1) is 13.3. The molecule has 1 amide bonds. The number of piperidine rings is 1. The van der Waals surface area contributed by atoms with E-state index in [2.05, 4.69) is 4.72 Å². The lowest BCUT2D eigenvalue weighted by atomic mass is 10.1. The molecule has 0 spiro atoms. The van der Waals surface area contributed by atoms with E-state index in [4.69, 9.17) is 16.3 Å². The van der Waals surface area contributed by atoms with Crippen molar-refractivity contribution in [3.8, 4) is 5.75 Å². The monoisotopic (exact) mass is 442 g/mol. The van der Waals surface area contributed by atoms with Crippen molar-refractivity contribution in [1.29, 1.82) is 0 Å². The minimum atomic E-state index is -3.48. The Labute approximate surface area is 174 Å². The summed E-state index contributed by atoms with van der Waals surface area (Å²) < 4.78 is 33.3. The fraction of sp³-hybridized carbons (Fsp3) is 0.421. The number of ether oxygens (including phenoxy) is 1. The van der Waals surface area contributed by atoms with E-state index >= 15 is 0 Å². The molecular formula is C19H23ClN2O4S2. The molecule has 3 rings (SSSR count). The molecule has 1 aliphatic rings. The largest absolute Gasteiger partial charge is 0.484 e. The normalized spacial score (nSPS) is 15.6. The summed E-state index contributed by atoms with van der Waals surface area (Å²) in [4.78, 5) is 14.1. The summed E-state index contributed by atoms with van der Waals surface area (Å²) in [5, 5.41) is 2.44. The number of hydrogen-bond acceptors (Lipinski definition) is 5. The van der Waals surface area contributed by atoms with Crippen LogP contribution in [-0.4, -0.2) is 45.0 Å². The second-order valence-electron chi connectivity index (χ2n) is 6.87. The molecule has 6 nitrogen and oxygen atoms in total. The summed E-state index contributed by atoms with van der Waals surface area (Å²) in [6.45, 7) is 4.74. The number of halogens is 1. The van der Waals surface area contributed by atoms with Crippen molar-refractivity contribution < 1.29 is 17.9 Å². The molecule has 0 atom stereocenters. The number of carbonyl (C=O) groups is 1. The van der Waals surface area contributed by atoms with Crippen molar-refractivity contribution in [2.45, 2.75) is 36.9 Å². The van der Waals surface area contributed by atoms with Crippen LogP contribution in [-0.2, 0) is 14.8 Å². The van der Waals surface area contributed by atoms with E-state index in [0.29, 0.717) is 40.9 Å². The highest BCUT2D eigenvalue weighted by Crippen LogP contribution is 2.26. The third kappa shape index (κ3) is 5.05. The quantitative estimate of drug-likeness (QED) is 0.744. The maximum absolute atomic E-state index is 12.4. The number of amides is 1. The van der Waals surface area contributed by atoms with Gasteiger partial charge in [0.15, 0.2) is 6.61 Å². The van der Waals surface area contributed by atoms with Gasteiger partial charge in [-0.05, 0) is 61.4 Å². The van der Waals surface area contributed by atoms with Crippen molar-refractivity contribution in [1.82, 2.24) is 9.62 Å². The first-order valence-electron chi connectivity index (χ1n) is 8.99. The summed E-state index contributed by atoms with van der Waals surface area (Å²) in [5.74, 6) is 0.510. The van der Waals surface area contributed by atoms with Crippen molar-refractivity contribution in [3.63, 3.8) is 0 Å². The number of carbonyl (C=O) groups excluding carboxylic acids is 1. The molecule has 1 fully saturated rings. The minimum Gasteiger partial charge on any atom is -0.484 e. The predicted molar refractivity (Wildman–Crippen MR) is 111 cm³/mol. The Morgan fingerprint density at radius 1 is 1.29 bits per heavy atom. The molecule has 0 aliphatic carbocycles. The van der Waals surface area contributed by atoms with Crippen LogP contribution in [0.4, 0.5) is 0 Å². The van der Waals surface area contributed by atoms with E-state index in [1.807, 2.05) is 26.0 Å². The summed E-state index contributed by atoms with van der Waals surface area (Å²) >= 11 is 7.34. The highest BCUT2D eigenvalue weighted by Gasteiger charge is 2.27. The van der Waals surface area contributed by atoms with Crippen LogP contribution >= 0.6 is 22.9 Å². The van der Waals surface area contributed by atoms with E-state index in [9.17, 15) is 13.2 Å². The first-order valence-corrected chi connectivity index (χ1v) is 11.7. The number of nitrogens with one attached hydrogen (secondary N) is 1. The summed E-state index contributed by atoms with van der Waals surface area (Å²) in [6, 6.07) is 6.76. The van der Waals surface area contributed by atoms with E-state index in [1.165, 1.54) is 11.3 Å². The molecule has 9 heteroatoms. The van der Waals surface area contributed by atoms with Gasteiger partial charge in [-0.3, -0.25) is 4.79 Å². The molecule has 152 valence electrons. The molecule has 2 aromatic rings. The van der Waals surface area contributed by atoms with Gasteiger partial charge in [0.25, 0.3) is 5.91 Å². The number of sulfonamides is 1. The highest BCUT2D eigenvalue weighted by atomic mass is 35.5. The molecule has 1 aromatic heterocycles. The Morgan fingerprint density at radius 3 is 2.50 bits per heavy atom. The Morgan fingerprint density at radius 2 is 1.93 bits per heavy atom. The number of thiophene rings is 1. The first kappa shape index (κ1) is 21.1. The van der Waals surface area contributed by atoms with Crippen LogP contribution in [0.25, 0.3) is 0 Å². The van der Waals surface area contributed by atoms with E-state index in [1.54, 1.807) is 22.4 Å². The van der Waals surface area contributed by atoms with Gasteiger partial charge in [0.2, 0.25) is 10.0 Å². The van der Waals surface area contributed by atoms with Crippen LogP contribution in [0.15, 0.2) is 33.9 Å². The molecule has 0 radical (unpaired) electrons. The molecule has 0 unspecified atom stereocenters. The number of nitrogens with zero attached hydrogens (tertiary/aromatic N) is 1. The Balaban J connectivity index is 1.49. The average molecular weight is 443 g/mol. The van der Waals surface area contributed by atoms with Crippen LogP contribution < -0.4 is 9.46 Å². The van der Waals surface area contributed by atoms with E-state index in [0.717, 1.165) is 11.1 Å². The molecule has 1 aliphatic heterocycles. The van der Waals surface area contributed by atoms with E-state index < -0.39 is 10.0 Å². The summed E-state index contributed by atoms with van der Waals surface area (Å²) in [5.41, 5.74) is 1.81. The zero-order valence-corrected chi connectivity index (χ0v) is 18.2. The second-order valence-corrected chi connectivity index (χ2v) is 10.1. The van der Waals surface area contributed by atoms with Crippen molar-refractivity contribution in [2.75, 3.05) is 19.7 Å². The van der Waals surface area contributed by atoms with Crippen LogP contribution in [0, 0.1) is 13.8 Å². The highest BCUT2D eigenvalue weighted by molar-refractivity contribution is 7.91. The lowest BCUT2D eigenvalue weighted by Gasteiger charge is -2.32. The Bertz CT molecular complexity index is 914. The molecular weight excluding hydrogens is 420 g/mol. The van der Waals surface area contributed by atoms with Gasteiger partial charge < -0.3 is 9.64 Å². The zero-order chi connectivity index (χ0) is 20.3. The fourth-order valence-electron chi connectivity index (χ4n) is 3.17. The van der Waals surface area contributed by atoms with Crippen LogP contribution in [0.5, 0.6) is 5.75 Å². The number of likely N-dealkylation sites (tertiary alicyclic amines) is 1. The third-order valence-electron chi connectivity index (χ3n) is 4.70. The van der Waals surface area contributed by atoms with Crippen molar-refractivity contribution in [3.05, 3.63) is 45.8 Å². The van der Waals surface area contributed by atoms with E-state index in [-0.39, 0.29) is 18.6 Å². The fourth-order valence-corrected chi connectivity index (χ4v) is 5.59. The van der Waals surface area contributed by atoms with Gasteiger partial charge in [0, 0.05) is 24.2 Å². The van der Waals surface area contributed by atoms with Gasteiger partial charge in [-0.15, -0.1) is 11.3 Å². The number of benzene rings is 1. The summed E-state index contributed by atoms with van der Waals surface area (Å²) in [7, 11) is -3.48. The van der Waals surface area contributed by atoms with Gasteiger partial charge in [-0.1, -0.05) is 17.7 Å². The second kappa shape index (κ2) is 8.82. The topological polar surface area (TPSA) is 75.7 Å². The third-order valence-corrected chi connectivity index (χ3v) is 8.22. The van der Waals surface area contributed by atoms with Gasteiger partial charge in [-0.2, -0.15) is 0 Å². The molecule has 1 N–H and O–H groups in total. The zero-order valence-electron chi connectivity index (χ0n) is 15.8. The lowest BCUT2D eigenvalue weighted by molar-refractivity contribution is -0.134. The van der Waals surface area contributed by atoms with Gasteiger partial charge in [0.1, 0.15) is 9.96 Å². The Kier molecular flexibility index (Phi) is 6.65. The van der Waals surface area contributed by atoms with Crippen molar-refractivity contribution >= 4 is 38.9 Å². The van der Waals surface area contributed by atoms with Crippen molar-refractivity contribution in [2.24, 2.45) is 0 Å². The van der Waals surface area contributed by atoms with Crippen LogP contribution in [0.1, 0.15) is 24.0 Å². The Hall–Kier alpha value is -1.61. The van der Waals surface area contributed by atoms with Gasteiger partial charge in [-0.25, -0.2) is 13.1 Å². The molecule has 0 saturated carbocycles.